The van der Waals surface area contributed by atoms with Crippen molar-refractivity contribution in [2.75, 3.05) is 37.1 Å². The molecule has 0 aliphatic rings. The van der Waals surface area contributed by atoms with Crippen LogP contribution in [0.2, 0.25) is 0 Å². The maximum Gasteiger partial charge on any atom is 0.235 e. The first-order valence-corrected chi connectivity index (χ1v) is 9.70. The standard InChI is InChI=1S/C12H19NO6S2/c1-4-19-12-9-10(20(3,14)15)5-6-11(12)13-21(16,17)8-7-18-2/h5-6,9,13H,4,7-8H2,1-3H3. The van der Waals surface area contributed by atoms with E-state index < -0.39 is 19.9 Å². The summed E-state index contributed by atoms with van der Waals surface area (Å²) in [6.07, 6.45) is 1.07. The minimum absolute atomic E-state index is 0.0563. The summed E-state index contributed by atoms with van der Waals surface area (Å²) in [6.45, 7) is 2.05. The van der Waals surface area contributed by atoms with Crippen molar-refractivity contribution in [1.29, 1.82) is 0 Å². The molecule has 9 heteroatoms. The van der Waals surface area contributed by atoms with Gasteiger partial charge < -0.3 is 9.47 Å². The fourth-order valence-corrected chi connectivity index (χ4v) is 3.13. The number of hydrogen-bond donors (Lipinski definition) is 1. The average molecular weight is 337 g/mol. The summed E-state index contributed by atoms with van der Waals surface area (Å²) >= 11 is 0. The van der Waals surface area contributed by atoms with E-state index in [1.54, 1.807) is 6.92 Å². The van der Waals surface area contributed by atoms with Crippen LogP contribution in [-0.4, -0.2) is 49.2 Å². The number of methoxy groups -OCH3 is 1. The summed E-state index contributed by atoms with van der Waals surface area (Å²) in [6, 6.07) is 3.99. The highest BCUT2D eigenvalue weighted by atomic mass is 32.2. The molecule has 1 aromatic rings. The first-order valence-electron chi connectivity index (χ1n) is 6.16. The number of nitrogens with one attached hydrogen (secondary N) is 1. The molecule has 7 nitrogen and oxygen atoms in total. The molecule has 0 radical (unpaired) electrons. The van der Waals surface area contributed by atoms with E-state index in [0.29, 0.717) is 0 Å². The summed E-state index contributed by atoms with van der Waals surface area (Å²) in [5.41, 5.74) is 0.195. The predicted octanol–water partition coefficient (Wildman–Crippen LogP) is 0.877. The lowest BCUT2D eigenvalue weighted by molar-refractivity contribution is 0.217. The number of benzene rings is 1. The molecule has 0 aliphatic heterocycles. The molecule has 21 heavy (non-hydrogen) atoms. The van der Waals surface area contributed by atoms with E-state index in [1.165, 1.54) is 25.3 Å². The van der Waals surface area contributed by atoms with Gasteiger partial charge in [0.1, 0.15) is 5.75 Å². The third-order valence-corrected chi connectivity index (χ3v) is 4.85. The van der Waals surface area contributed by atoms with E-state index in [4.69, 9.17) is 9.47 Å². The van der Waals surface area contributed by atoms with E-state index in [-0.39, 0.29) is 35.3 Å². The number of rotatable bonds is 8. The van der Waals surface area contributed by atoms with Gasteiger partial charge in [0.05, 0.1) is 29.5 Å². The van der Waals surface area contributed by atoms with Gasteiger partial charge in [-0.2, -0.15) is 0 Å². The van der Waals surface area contributed by atoms with Gasteiger partial charge in [0.2, 0.25) is 10.0 Å². The summed E-state index contributed by atoms with van der Waals surface area (Å²) < 4.78 is 59.1. The molecule has 0 spiro atoms. The molecular weight excluding hydrogens is 318 g/mol. The van der Waals surface area contributed by atoms with Crippen LogP contribution in [-0.2, 0) is 24.6 Å². The minimum Gasteiger partial charge on any atom is -0.492 e. The topological polar surface area (TPSA) is 98.8 Å². The first kappa shape index (κ1) is 17.7. The van der Waals surface area contributed by atoms with Gasteiger partial charge in [-0.05, 0) is 19.1 Å². The number of anilines is 1. The maximum atomic E-state index is 11.8. The quantitative estimate of drug-likeness (QED) is 0.756. The molecule has 0 fully saturated rings. The fraction of sp³-hybridized carbons (Fsp3) is 0.500. The molecule has 0 atom stereocenters. The Morgan fingerprint density at radius 1 is 1.19 bits per heavy atom. The summed E-state index contributed by atoms with van der Waals surface area (Å²) in [7, 11) is -5.58. The van der Waals surface area contributed by atoms with E-state index in [2.05, 4.69) is 4.72 Å². The largest absolute Gasteiger partial charge is 0.492 e. The number of ether oxygens (including phenoxy) is 2. The summed E-state index contributed by atoms with van der Waals surface area (Å²) in [5.74, 6) is -0.0375. The summed E-state index contributed by atoms with van der Waals surface area (Å²) in [5, 5.41) is 0. The lowest BCUT2D eigenvalue weighted by Gasteiger charge is -2.13. The van der Waals surface area contributed by atoms with Crippen molar-refractivity contribution < 1.29 is 26.3 Å². The molecule has 1 aromatic carbocycles. The Bertz CT molecular complexity index is 682. The molecule has 0 bridgehead atoms. The molecule has 0 saturated carbocycles. The highest BCUT2D eigenvalue weighted by Gasteiger charge is 2.16. The van der Waals surface area contributed by atoms with Crippen molar-refractivity contribution >= 4 is 25.5 Å². The van der Waals surface area contributed by atoms with E-state index >= 15 is 0 Å². The molecular formula is C12H19NO6S2. The lowest BCUT2D eigenvalue weighted by Crippen LogP contribution is -2.20. The normalized spacial score (nSPS) is 12.1. The Morgan fingerprint density at radius 2 is 1.86 bits per heavy atom. The van der Waals surface area contributed by atoms with E-state index in [9.17, 15) is 16.8 Å². The zero-order chi connectivity index (χ0) is 16.1. The molecule has 0 unspecified atom stereocenters. The average Bonchev–Trinajstić information content (AvgIpc) is 2.37. The molecule has 0 amide bonds. The second-order valence-corrected chi connectivity index (χ2v) is 8.13. The highest BCUT2D eigenvalue weighted by Crippen LogP contribution is 2.28. The zero-order valence-corrected chi connectivity index (χ0v) is 13.8. The van der Waals surface area contributed by atoms with Gasteiger partial charge in [0.15, 0.2) is 9.84 Å². The Kier molecular flexibility index (Phi) is 5.99. The second kappa shape index (κ2) is 7.10. The predicted molar refractivity (Wildman–Crippen MR) is 80.0 cm³/mol. The highest BCUT2D eigenvalue weighted by molar-refractivity contribution is 7.92. The summed E-state index contributed by atoms with van der Waals surface area (Å²) in [4.78, 5) is 0.0609. The van der Waals surface area contributed by atoms with Crippen LogP contribution in [0.15, 0.2) is 23.1 Å². The minimum atomic E-state index is -3.59. The Labute approximate surface area is 125 Å². The Morgan fingerprint density at radius 3 is 2.38 bits per heavy atom. The number of sulfonamides is 1. The Hall–Kier alpha value is -1.32. The molecule has 0 aromatic heterocycles. The van der Waals surface area contributed by atoms with Gasteiger partial charge in [0, 0.05) is 19.4 Å². The van der Waals surface area contributed by atoms with E-state index in [0.717, 1.165) is 6.26 Å². The van der Waals surface area contributed by atoms with E-state index in [1.807, 2.05) is 0 Å². The van der Waals surface area contributed by atoms with Crippen LogP contribution in [0.5, 0.6) is 5.75 Å². The second-order valence-electron chi connectivity index (χ2n) is 4.28. The number of hydrogen-bond acceptors (Lipinski definition) is 6. The SMILES string of the molecule is CCOc1cc(S(C)(=O)=O)ccc1NS(=O)(=O)CCOC. The van der Waals surface area contributed by atoms with Crippen LogP contribution in [0.4, 0.5) is 5.69 Å². The van der Waals surface area contributed by atoms with Crippen molar-refractivity contribution in [1.82, 2.24) is 0 Å². The van der Waals surface area contributed by atoms with Crippen LogP contribution >= 0.6 is 0 Å². The maximum absolute atomic E-state index is 11.8. The van der Waals surface area contributed by atoms with Gasteiger partial charge in [-0.25, -0.2) is 16.8 Å². The van der Waals surface area contributed by atoms with Gasteiger partial charge >= 0.3 is 0 Å². The molecule has 1 N–H and O–H groups in total. The van der Waals surface area contributed by atoms with Crippen LogP contribution in [0.1, 0.15) is 6.92 Å². The van der Waals surface area contributed by atoms with Crippen LogP contribution < -0.4 is 9.46 Å². The van der Waals surface area contributed by atoms with Crippen molar-refractivity contribution in [3.63, 3.8) is 0 Å². The van der Waals surface area contributed by atoms with Gasteiger partial charge in [-0.15, -0.1) is 0 Å². The van der Waals surface area contributed by atoms with Gasteiger partial charge in [-0.1, -0.05) is 0 Å². The van der Waals surface area contributed by atoms with Gasteiger partial charge in [-0.3, -0.25) is 4.72 Å². The molecule has 0 aliphatic carbocycles. The van der Waals surface area contributed by atoms with Crippen molar-refractivity contribution in [3.05, 3.63) is 18.2 Å². The monoisotopic (exact) mass is 337 g/mol. The molecule has 1 rings (SSSR count). The molecule has 120 valence electrons. The van der Waals surface area contributed by atoms with Crippen molar-refractivity contribution in [3.8, 4) is 5.75 Å². The van der Waals surface area contributed by atoms with Crippen LogP contribution in [0.25, 0.3) is 0 Å². The Balaban J connectivity index is 3.12. The lowest BCUT2D eigenvalue weighted by atomic mass is 10.3. The molecule has 0 saturated heterocycles. The first-order chi connectivity index (χ1) is 9.69. The van der Waals surface area contributed by atoms with Gasteiger partial charge in [0.25, 0.3) is 0 Å². The van der Waals surface area contributed by atoms with Crippen LogP contribution in [0, 0.1) is 0 Å². The smallest absolute Gasteiger partial charge is 0.235 e. The van der Waals surface area contributed by atoms with Crippen molar-refractivity contribution in [2.45, 2.75) is 11.8 Å². The fourth-order valence-electron chi connectivity index (χ4n) is 1.50. The zero-order valence-electron chi connectivity index (χ0n) is 12.1. The van der Waals surface area contributed by atoms with Crippen molar-refractivity contribution in [2.24, 2.45) is 0 Å². The number of sulfone groups is 1. The third-order valence-electron chi connectivity index (χ3n) is 2.50. The van der Waals surface area contributed by atoms with Crippen LogP contribution in [0.3, 0.4) is 0 Å². The third kappa shape index (κ3) is 5.52. The molecule has 0 heterocycles.